The largest absolute Gasteiger partial charge is 0.481 e. The Morgan fingerprint density at radius 3 is 2.69 bits per heavy atom. The number of fused-ring (bicyclic) bond motifs is 3. The van der Waals surface area contributed by atoms with Crippen molar-refractivity contribution in [3.8, 4) is 5.75 Å². The number of hydrogen-bond donors (Lipinski definition) is 2. The molecule has 1 heterocycles. The van der Waals surface area contributed by atoms with Crippen molar-refractivity contribution in [3.05, 3.63) is 64.3 Å². The van der Waals surface area contributed by atoms with E-state index in [0.717, 1.165) is 28.6 Å². The van der Waals surface area contributed by atoms with Crippen molar-refractivity contribution < 1.29 is 19.4 Å². The lowest BCUT2D eigenvalue weighted by Crippen LogP contribution is -2.19. The molecule has 3 N–H and O–H groups in total. The number of benzene rings is 2. The summed E-state index contributed by atoms with van der Waals surface area (Å²) in [5.41, 5.74) is 12.2. The Hall–Kier alpha value is -3.28. The predicted octanol–water partition coefficient (Wildman–Crippen LogP) is 3.28. The van der Waals surface area contributed by atoms with Crippen LogP contribution in [-0.2, 0) is 22.6 Å². The Bertz CT molecular complexity index is 1130. The molecule has 1 unspecified atom stereocenters. The van der Waals surface area contributed by atoms with E-state index < -0.39 is 12.6 Å². The number of hydrogen-bond acceptors (Lipinski definition) is 3. The number of aromatic nitrogens is 1. The van der Waals surface area contributed by atoms with Gasteiger partial charge in [-0.15, -0.1) is 0 Å². The maximum absolute atomic E-state index is 12.1. The van der Waals surface area contributed by atoms with Gasteiger partial charge in [0.25, 0.3) is 0 Å². The molecule has 1 aromatic heterocycles. The molecule has 6 nitrogen and oxygen atoms in total. The lowest BCUT2D eigenvalue weighted by molar-refractivity contribution is -0.139. The van der Waals surface area contributed by atoms with Crippen LogP contribution >= 0.6 is 0 Å². The SMILES string of the molecule is Cc1ccc(Cn2c3c(c4c(OCC(=O)O)cccc42)C(C(N)=O)CC3)cc1C. The van der Waals surface area contributed by atoms with Crippen molar-refractivity contribution in [2.75, 3.05) is 6.61 Å². The highest BCUT2D eigenvalue weighted by atomic mass is 16.5. The zero-order chi connectivity index (χ0) is 20.7. The summed E-state index contributed by atoms with van der Waals surface area (Å²) in [7, 11) is 0. The van der Waals surface area contributed by atoms with Gasteiger partial charge < -0.3 is 20.1 Å². The Balaban J connectivity index is 1.88. The van der Waals surface area contributed by atoms with Crippen LogP contribution in [0.2, 0.25) is 0 Å². The van der Waals surface area contributed by atoms with Gasteiger partial charge in [0.1, 0.15) is 5.75 Å². The van der Waals surface area contributed by atoms with E-state index in [1.807, 2.05) is 12.1 Å². The normalized spacial score (nSPS) is 15.4. The third-order valence-electron chi connectivity index (χ3n) is 5.83. The van der Waals surface area contributed by atoms with Gasteiger partial charge in [-0.3, -0.25) is 4.79 Å². The molecule has 3 aromatic rings. The van der Waals surface area contributed by atoms with Gasteiger partial charge in [0.15, 0.2) is 6.61 Å². The van der Waals surface area contributed by atoms with Crippen molar-refractivity contribution in [2.45, 2.75) is 39.2 Å². The highest BCUT2D eigenvalue weighted by molar-refractivity contribution is 5.97. The Morgan fingerprint density at radius 1 is 1.21 bits per heavy atom. The highest BCUT2D eigenvalue weighted by Gasteiger charge is 2.34. The predicted molar refractivity (Wildman–Crippen MR) is 110 cm³/mol. The van der Waals surface area contributed by atoms with Crippen LogP contribution in [0.5, 0.6) is 5.75 Å². The number of nitrogens with two attached hydrogens (primary N) is 1. The molecular formula is C23H24N2O4. The van der Waals surface area contributed by atoms with Gasteiger partial charge in [-0.05, 0) is 61.1 Å². The van der Waals surface area contributed by atoms with Crippen molar-refractivity contribution in [1.82, 2.24) is 4.57 Å². The van der Waals surface area contributed by atoms with E-state index >= 15 is 0 Å². The van der Waals surface area contributed by atoms with Crippen molar-refractivity contribution in [2.24, 2.45) is 5.73 Å². The second kappa shape index (κ2) is 7.28. The molecule has 2 aromatic carbocycles. The maximum Gasteiger partial charge on any atom is 0.341 e. The van der Waals surface area contributed by atoms with E-state index in [0.29, 0.717) is 18.7 Å². The standard InChI is InChI=1S/C23H24N2O4/c1-13-6-7-15(10-14(13)2)11-25-17-4-3-5-19(29-12-20(26)27)22(17)21-16(23(24)28)8-9-18(21)25/h3-7,10,16H,8-9,11-12H2,1-2H3,(H2,24,28)(H,26,27). The molecule has 1 amide bonds. The molecule has 1 aliphatic carbocycles. The van der Waals surface area contributed by atoms with Crippen LogP contribution in [0.3, 0.4) is 0 Å². The summed E-state index contributed by atoms with van der Waals surface area (Å²) in [5, 5.41) is 9.82. The van der Waals surface area contributed by atoms with Gasteiger partial charge in [-0.1, -0.05) is 24.3 Å². The number of ether oxygens (including phenoxy) is 1. The van der Waals surface area contributed by atoms with Gasteiger partial charge in [-0.25, -0.2) is 4.79 Å². The topological polar surface area (TPSA) is 94.6 Å². The summed E-state index contributed by atoms with van der Waals surface area (Å²) >= 11 is 0. The number of amides is 1. The van der Waals surface area contributed by atoms with Gasteiger partial charge >= 0.3 is 5.97 Å². The summed E-state index contributed by atoms with van der Waals surface area (Å²) in [6, 6.07) is 12.0. The quantitative estimate of drug-likeness (QED) is 0.673. The second-order valence-corrected chi connectivity index (χ2v) is 7.69. The third-order valence-corrected chi connectivity index (χ3v) is 5.83. The van der Waals surface area contributed by atoms with Crippen molar-refractivity contribution in [3.63, 3.8) is 0 Å². The fourth-order valence-electron chi connectivity index (χ4n) is 4.33. The molecule has 6 heteroatoms. The van der Waals surface area contributed by atoms with Crippen LogP contribution in [0.4, 0.5) is 0 Å². The molecular weight excluding hydrogens is 368 g/mol. The minimum absolute atomic E-state index is 0.359. The van der Waals surface area contributed by atoms with E-state index in [2.05, 4.69) is 36.6 Å². The first kappa shape index (κ1) is 19.1. The Labute approximate surface area is 168 Å². The van der Waals surface area contributed by atoms with Crippen LogP contribution in [-0.4, -0.2) is 28.2 Å². The van der Waals surface area contributed by atoms with Crippen LogP contribution in [0.25, 0.3) is 10.9 Å². The number of primary amides is 1. The van der Waals surface area contributed by atoms with Gasteiger partial charge in [0.2, 0.25) is 5.91 Å². The second-order valence-electron chi connectivity index (χ2n) is 7.69. The van der Waals surface area contributed by atoms with Crippen molar-refractivity contribution >= 4 is 22.8 Å². The van der Waals surface area contributed by atoms with Gasteiger partial charge in [0, 0.05) is 17.6 Å². The molecule has 0 aliphatic heterocycles. The molecule has 1 atom stereocenters. The number of aryl methyl sites for hydroxylation is 2. The Morgan fingerprint density at radius 2 is 2.00 bits per heavy atom. The summed E-state index contributed by atoms with van der Waals surface area (Å²) in [4.78, 5) is 23.1. The monoisotopic (exact) mass is 392 g/mol. The van der Waals surface area contributed by atoms with Crippen molar-refractivity contribution in [1.29, 1.82) is 0 Å². The van der Waals surface area contributed by atoms with E-state index in [1.54, 1.807) is 6.07 Å². The summed E-state index contributed by atoms with van der Waals surface area (Å²) in [6.45, 7) is 4.42. The number of carbonyl (C=O) groups excluding carboxylic acids is 1. The minimum Gasteiger partial charge on any atom is -0.481 e. The molecule has 0 radical (unpaired) electrons. The smallest absolute Gasteiger partial charge is 0.341 e. The molecule has 0 saturated carbocycles. The number of nitrogens with zero attached hydrogens (tertiary/aromatic N) is 1. The lowest BCUT2D eigenvalue weighted by atomic mass is 9.99. The van der Waals surface area contributed by atoms with Gasteiger partial charge in [-0.2, -0.15) is 0 Å². The number of aliphatic carboxylic acids is 1. The average Bonchev–Trinajstić information content (AvgIpc) is 3.23. The summed E-state index contributed by atoms with van der Waals surface area (Å²) in [5.74, 6) is -1.31. The average molecular weight is 392 g/mol. The highest BCUT2D eigenvalue weighted by Crippen LogP contribution is 2.44. The molecule has 0 saturated heterocycles. The number of carboxylic acid groups (broad SMARTS) is 1. The zero-order valence-electron chi connectivity index (χ0n) is 16.6. The lowest BCUT2D eigenvalue weighted by Gasteiger charge is -2.12. The maximum atomic E-state index is 12.1. The first-order chi connectivity index (χ1) is 13.9. The third kappa shape index (κ3) is 3.35. The van der Waals surface area contributed by atoms with Crippen LogP contribution < -0.4 is 10.5 Å². The molecule has 0 bridgehead atoms. The molecule has 4 rings (SSSR count). The van der Waals surface area contributed by atoms with E-state index in [-0.39, 0.29) is 11.8 Å². The zero-order valence-corrected chi connectivity index (χ0v) is 16.6. The first-order valence-electron chi connectivity index (χ1n) is 9.71. The minimum atomic E-state index is -1.04. The molecule has 29 heavy (non-hydrogen) atoms. The van der Waals surface area contributed by atoms with Crippen LogP contribution in [0.15, 0.2) is 36.4 Å². The number of carbonyl (C=O) groups is 2. The first-order valence-corrected chi connectivity index (χ1v) is 9.71. The number of rotatable bonds is 6. The number of carboxylic acids is 1. The van der Waals surface area contributed by atoms with Crippen LogP contribution in [0.1, 0.15) is 40.3 Å². The van der Waals surface area contributed by atoms with Crippen LogP contribution in [0, 0.1) is 13.8 Å². The molecule has 0 spiro atoms. The fraction of sp³-hybridized carbons (Fsp3) is 0.304. The molecule has 1 aliphatic rings. The van der Waals surface area contributed by atoms with E-state index in [4.69, 9.17) is 15.6 Å². The van der Waals surface area contributed by atoms with E-state index in [9.17, 15) is 9.59 Å². The van der Waals surface area contributed by atoms with E-state index in [1.165, 1.54) is 16.7 Å². The Kier molecular flexibility index (Phi) is 4.78. The molecule has 0 fully saturated rings. The fourth-order valence-corrected chi connectivity index (χ4v) is 4.33. The van der Waals surface area contributed by atoms with Gasteiger partial charge in [0.05, 0.1) is 11.4 Å². The summed E-state index contributed by atoms with van der Waals surface area (Å²) < 4.78 is 7.78. The summed E-state index contributed by atoms with van der Waals surface area (Å²) in [6.07, 6.45) is 1.41. The molecule has 150 valence electrons.